The van der Waals surface area contributed by atoms with Crippen LogP contribution in [0.3, 0.4) is 0 Å². The van der Waals surface area contributed by atoms with Crippen molar-refractivity contribution in [2.24, 2.45) is 11.0 Å². The highest BCUT2D eigenvalue weighted by molar-refractivity contribution is 6.31. The summed E-state index contributed by atoms with van der Waals surface area (Å²) in [5.74, 6) is 0.166. The molecule has 0 radical (unpaired) electrons. The largest absolute Gasteiger partial charge is 0.493 e. The lowest BCUT2D eigenvalue weighted by Gasteiger charge is -2.20. The number of hydrogen-bond acceptors (Lipinski definition) is 5. The Hall–Kier alpha value is -3.06. The lowest BCUT2D eigenvalue weighted by atomic mass is 10.0. The number of carbonyl (C=O) groups is 2. The first-order valence-corrected chi connectivity index (χ1v) is 10.4. The van der Waals surface area contributed by atoms with Crippen LogP contribution < -0.4 is 20.2 Å². The second-order valence-corrected chi connectivity index (χ2v) is 7.60. The molecule has 0 aliphatic carbocycles. The average Bonchev–Trinajstić information content (AvgIpc) is 2.75. The van der Waals surface area contributed by atoms with E-state index in [2.05, 4.69) is 15.8 Å². The summed E-state index contributed by atoms with van der Waals surface area (Å²) in [6, 6.07) is 11.2. The maximum Gasteiger partial charge on any atom is 0.262 e. The summed E-state index contributed by atoms with van der Waals surface area (Å²) in [4.78, 5) is 25.2. The number of halogens is 1. The molecule has 2 N–H and O–H groups in total. The number of rotatable bonds is 10. The van der Waals surface area contributed by atoms with Crippen molar-refractivity contribution < 1.29 is 19.1 Å². The van der Waals surface area contributed by atoms with E-state index in [-0.39, 0.29) is 11.8 Å². The zero-order valence-electron chi connectivity index (χ0n) is 18.1. The summed E-state index contributed by atoms with van der Waals surface area (Å²) in [5.41, 5.74) is 3.54. The molecule has 2 amide bonds. The molecule has 0 aliphatic heterocycles. The smallest absolute Gasteiger partial charge is 0.262 e. The number of para-hydroxylation sites is 1. The van der Waals surface area contributed by atoms with Gasteiger partial charge in [0.1, 0.15) is 6.04 Å². The normalized spacial score (nSPS) is 11.9. The molecule has 166 valence electrons. The minimum absolute atomic E-state index is 0.154. The highest BCUT2D eigenvalue weighted by Gasteiger charge is 2.24. The number of hydrogen-bond donors (Lipinski definition) is 2. The lowest BCUT2D eigenvalue weighted by molar-refractivity contribution is -0.123. The molecule has 8 heteroatoms. The molecule has 1 atom stereocenters. The van der Waals surface area contributed by atoms with Crippen LogP contribution in [-0.2, 0) is 4.79 Å². The van der Waals surface area contributed by atoms with Gasteiger partial charge in [-0.05, 0) is 42.7 Å². The van der Waals surface area contributed by atoms with E-state index in [0.29, 0.717) is 34.3 Å². The first kappa shape index (κ1) is 24.2. The number of hydrazone groups is 1. The van der Waals surface area contributed by atoms with Crippen LogP contribution >= 0.6 is 11.6 Å². The first-order valence-electron chi connectivity index (χ1n) is 10.1. The maximum absolute atomic E-state index is 12.7. The SMILES string of the molecule is CCCOc1c(C=NNC(=O)C(NC(=O)c2cccc(Cl)c2)C(C)C)cccc1OC. The minimum Gasteiger partial charge on any atom is -0.493 e. The Balaban J connectivity index is 2.10. The van der Waals surface area contributed by atoms with E-state index >= 15 is 0 Å². The standard InChI is InChI=1S/C23H28ClN3O4/c1-5-12-31-21-17(9-7-11-19(21)30-4)14-25-27-23(29)20(15(2)3)26-22(28)16-8-6-10-18(24)13-16/h6-11,13-15,20H,5,12H2,1-4H3,(H,26,28)(H,27,29). The van der Waals surface area contributed by atoms with E-state index in [9.17, 15) is 9.59 Å². The molecule has 0 heterocycles. The minimum atomic E-state index is -0.773. The monoisotopic (exact) mass is 445 g/mol. The van der Waals surface area contributed by atoms with Gasteiger partial charge in [-0.1, -0.05) is 44.5 Å². The molecule has 1 unspecified atom stereocenters. The third-order valence-electron chi connectivity index (χ3n) is 4.38. The van der Waals surface area contributed by atoms with Crippen LogP contribution in [0.15, 0.2) is 47.6 Å². The predicted octanol–water partition coefficient (Wildman–Crippen LogP) is 4.04. The molecule has 0 bridgehead atoms. The number of benzene rings is 2. The first-order chi connectivity index (χ1) is 14.9. The molecule has 7 nitrogen and oxygen atoms in total. The molecule has 0 fully saturated rings. The molecule has 2 rings (SSSR count). The molecular weight excluding hydrogens is 418 g/mol. The van der Waals surface area contributed by atoms with Crippen LogP contribution in [0, 0.1) is 5.92 Å². The van der Waals surface area contributed by atoms with Gasteiger partial charge in [-0.15, -0.1) is 0 Å². The van der Waals surface area contributed by atoms with E-state index in [4.69, 9.17) is 21.1 Å². The van der Waals surface area contributed by atoms with Crippen molar-refractivity contribution in [3.05, 3.63) is 58.6 Å². The molecule has 0 aromatic heterocycles. The van der Waals surface area contributed by atoms with Crippen LogP contribution in [0.5, 0.6) is 11.5 Å². The number of amides is 2. The Kier molecular flexibility index (Phi) is 9.34. The van der Waals surface area contributed by atoms with Gasteiger partial charge in [0.2, 0.25) is 0 Å². The Morgan fingerprint density at radius 1 is 1.19 bits per heavy atom. The fourth-order valence-electron chi connectivity index (χ4n) is 2.78. The highest BCUT2D eigenvalue weighted by atomic mass is 35.5. The summed E-state index contributed by atoms with van der Waals surface area (Å²) in [5, 5.41) is 7.23. The molecule has 0 saturated carbocycles. The third kappa shape index (κ3) is 7.00. The van der Waals surface area contributed by atoms with E-state index in [1.807, 2.05) is 32.9 Å². The van der Waals surface area contributed by atoms with E-state index in [1.54, 1.807) is 37.4 Å². The van der Waals surface area contributed by atoms with Gasteiger partial charge in [-0.25, -0.2) is 5.43 Å². The van der Waals surface area contributed by atoms with Gasteiger partial charge >= 0.3 is 0 Å². The van der Waals surface area contributed by atoms with Gasteiger partial charge in [0.05, 0.1) is 19.9 Å². The number of methoxy groups -OCH3 is 1. The second kappa shape index (κ2) is 12.0. The maximum atomic E-state index is 12.7. The summed E-state index contributed by atoms with van der Waals surface area (Å²) in [6.07, 6.45) is 2.33. The molecule has 0 aliphatic rings. The van der Waals surface area contributed by atoms with E-state index < -0.39 is 11.9 Å². The van der Waals surface area contributed by atoms with E-state index in [0.717, 1.165) is 6.42 Å². The summed E-state index contributed by atoms with van der Waals surface area (Å²) < 4.78 is 11.1. The number of ether oxygens (including phenoxy) is 2. The van der Waals surface area contributed by atoms with Gasteiger partial charge in [0.25, 0.3) is 11.8 Å². The Bertz CT molecular complexity index is 931. The Morgan fingerprint density at radius 2 is 1.94 bits per heavy atom. The van der Waals surface area contributed by atoms with Gasteiger partial charge in [0, 0.05) is 16.1 Å². The van der Waals surface area contributed by atoms with Crippen molar-refractivity contribution in [1.82, 2.24) is 10.7 Å². The molecule has 31 heavy (non-hydrogen) atoms. The molecule has 2 aromatic rings. The zero-order chi connectivity index (χ0) is 22.8. The van der Waals surface area contributed by atoms with Crippen molar-refractivity contribution in [3.63, 3.8) is 0 Å². The number of carbonyl (C=O) groups excluding carboxylic acids is 2. The molecule has 0 saturated heterocycles. The highest BCUT2D eigenvalue weighted by Crippen LogP contribution is 2.30. The van der Waals surface area contributed by atoms with E-state index in [1.165, 1.54) is 6.21 Å². The van der Waals surface area contributed by atoms with Crippen LogP contribution in [-0.4, -0.2) is 37.8 Å². The zero-order valence-corrected chi connectivity index (χ0v) is 18.9. The van der Waals surface area contributed by atoms with Crippen LogP contribution in [0.4, 0.5) is 0 Å². The van der Waals surface area contributed by atoms with Crippen molar-refractivity contribution in [1.29, 1.82) is 0 Å². The quantitative estimate of drug-likeness (QED) is 0.426. The van der Waals surface area contributed by atoms with Gasteiger partial charge in [0.15, 0.2) is 11.5 Å². The number of nitrogens with zero attached hydrogens (tertiary/aromatic N) is 1. The fraction of sp³-hybridized carbons (Fsp3) is 0.348. The second-order valence-electron chi connectivity index (χ2n) is 7.17. The fourth-order valence-corrected chi connectivity index (χ4v) is 2.97. The van der Waals surface area contributed by atoms with Crippen LogP contribution in [0.25, 0.3) is 0 Å². The van der Waals surface area contributed by atoms with Crippen molar-refractivity contribution in [2.75, 3.05) is 13.7 Å². The van der Waals surface area contributed by atoms with Gasteiger partial charge in [-0.2, -0.15) is 5.10 Å². The Morgan fingerprint density at radius 3 is 2.58 bits per heavy atom. The summed E-state index contributed by atoms with van der Waals surface area (Å²) >= 11 is 5.95. The van der Waals surface area contributed by atoms with Crippen molar-refractivity contribution in [2.45, 2.75) is 33.2 Å². The lowest BCUT2D eigenvalue weighted by Crippen LogP contribution is -2.48. The molecular formula is C23H28ClN3O4. The third-order valence-corrected chi connectivity index (χ3v) is 4.62. The van der Waals surface area contributed by atoms with Crippen LogP contribution in [0.2, 0.25) is 5.02 Å². The van der Waals surface area contributed by atoms with Crippen LogP contribution in [0.1, 0.15) is 43.1 Å². The van der Waals surface area contributed by atoms with Gasteiger partial charge in [-0.3, -0.25) is 9.59 Å². The average molecular weight is 446 g/mol. The summed E-state index contributed by atoms with van der Waals surface area (Å²) in [7, 11) is 1.56. The molecule has 0 spiro atoms. The Labute approximate surface area is 187 Å². The predicted molar refractivity (Wildman–Crippen MR) is 122 cm³/mol. The van der Waals surface area contributed by atoms with Gasteiger partial charge < -0.3 is 14.8 Å². The topological polar surface area (TPSA) is 89.0 Å². The summed E-state index contributed by atoms with van der Waals surface area (Å²) in [6.45, 7) is 6.21. The van der Waals surface area contributed by atoms with Crippen molar-refractivity contribution in [3.8, 4) is 11.5 Å². The van der Waals surface area contributed by atoms with Crippen molar-refractivity contribution >= 4 is 29.6 Å². The molecule has 2 aromatic carbocycles. The number of nitrogens with one attached hydrogen (secondary N) is 2.